The second-order valence-electron chi connectivity index (χ2n) is 4.72. The molecular formula is C15H9Cl2F3N2S. The third kappa shape index (κ3) is 2.91. The zero-order valence-corrected chi connectivity index (χ0v) is 14.0. The second kappa shape index (κ2) is 5.92. The Balaban J connectivity index is 2.28. The Morgan fingerprint density at radius 1 is 1.09 bits per heavy atom. The van der Waals surface area contributed by atoms with Crippen LogP contribution in [0.5, 0.6) is 0 Å². The number of halogens is 5. The van der Waals surface area contributed by atoms with Crippen LogP contribution in [0.2, 0.25) is 10.0 Å². The Kier molecular flexibility index (Phi) is 4.25. The summed E-state index contributed by atoms with van der Waals surface area (Å²) in [5, 5.41) is 5.83. The summed E-state index contributed by atoms with van der Waals surface area (Å²) in [4.78, 5) is 0. The minimum atomic E-state index is -4.51. The van der Waals surface area contributed by atoms with Crippen molar-refractivity contribution in [2.75, 3.05) is 6.26 Å². The van der Waals surface area contributed by atoms with Gasteiger partial charge in [0.15, 0.2) is 0 Å². The summed E-state index contributed by atoms with van der Waals surface area (Å²) in [6.07, 6.45) is -2.64. The van der Waals surface area contributed by atoms with E-state index < -0.39 is 11.7 Å². The molecule has 0 saturated carbocycles. The van der Waals surface area contributed by atoms with Crippen LogP contribution in [0.1, 0.15) is 5.56 Å². The van der Waals surface area contributed by atoms with Crippen LogP contribution in [0.4, 0.5) is 13.2 Å². The number of nitrogens with zero attached hydrogens (tertiary/aromatic N) is 2. The van der Waals surface area contributed by atoms with Crippen molar-refractivity contribution in [3.63, 3.8) is 0 Å². The van der Waals surface area contributed by atoms with Crippen LogP contribution in [-0.4, -0.2) is 16.0 Å². The summed E-state index contributed by atoms with van der Waals surface area (Å²) in [6.45, 7) is 0. The Hall–Kier alpha value is -1.37. The number of alkyl halides is 3. The van der Waals surface area contributed by atoms with E-state index in [1.807, 2.05) is 30.5 Å². The van der Waals surface area contributed by atoms with Gasteiger partial charge in [-0.15, -0.1) is 11.8 Å². The molecule has 120 valence electrons. The van der Waals surface area contributed by atoms with Crippen molar-refractivity contribution in [1.29, 1.82) is 0 Å². The molecule has 0 bridgehead atoms. The minimum Gasteiger partial charge on any atom is -0.229 e. The lowest BCUT2D eigenvalue weighted by molar-refractivity contribution is -0.137. The number of rotatable bonds is 2. The molecule has 2 aromatic carbocycles. The maximum atomic E-state index is 12.9. The van der Waals surface area contributed by atoms with Crippen molar-refractivity contribution >= 4 is 45.9 Å². The molecule has 0 saturated heterocycles. The average molecular weight is 377 g/mol. The third-order valence-corrected chi connectivity index (χ3v) is 4.57. The Labute approximate surface area is 144 Å². The van der Waals surface area contributed by atoms with Gasteiger partial charge in [-0.05, 0) is 24.5 Å². The largest absolute Gasteiger partial charge is 0.416 e. The monoisotopic (exact) mass is 376 g/mol. The van der Waals surface area contributed by atoms with E-state index in [1.165, 1.54) is 16.4 Å². The molecule has 0 aliphatic rings. The number of para-hydroxylation sites is 1. The van der Waals surface area contributed by atoms with Crippen LogP contribution >= 0.6 is 35.0 Å². The van der Waals surface area contributed by atoms with Crippen molar-refractivity contribution in [1.82, 2.24) is 9.78 Å². The standard InChI is InChI=1S/C15H9Cl2F3N2S/c1-23-14-9-4-2-3-5-12(9)22(21-14)13-10(16)6-8(7-11(13)17)15(18,19)20/h2-7H,1H3. The average Bonchev–Trinajstić information content (AvgIpc) is 2.84. The number of aromatic nitrogens is 2. The first-order valence-electron chi connectivity index (χ1n) is 6.41. The highest BCUT2D eigenvalue weighted by Crippen LogP contribution is 2.39. The first-order valence-corrected chi connectivity index (χ1v) is 8.39. The smallest absolute Gasteiger partial charge is 0.229 e. The SMILES string of the molecule is CSc1nn(-c2c(Cl)cc(C(F)(F)F)cc2Cl)c2ccccc12. The van der Waals surface area contributed by atoms with Crippen LogP contribution in [0, 0.1) is 0 Å². The fourth-order valence-electron chi connectivity index (χ4n) is 2.29. The molecule has 1 heterocycles. The van der Waals surface area contributed by atoms with E-state index in [9.17, 15) is 13.2 Å². The van der Waals surface area contributed by atoms with Gasteiger partial charge in [0.05, 0.1) is 21.1 Å². The lowest BCUT2D eigenvalue weighted by Crippen LogP contribution is -2.07. The Morgan fingerprint density at radius 3 is 2.26 bits per heavy atom. The van der Waals surface area contributed by atoms with E-state index in [0.29, 0.717) is 0 Å². The molecule has 3 rings (SSSR count). The summed E-state index contributed by atoms with van der Waals surface area (Å²) in [6, 6.07) is 9.10. The molecule has 0 amide bonds. The van der Waals surface area contributed by atoms with Crippen LogP contribution in [-0.2, 0) is 6.18 Å². The molecular weight excluding hydrogens is 368 g/mol. The van der Waals surface area contributed by atoms with Crippen molar-refractivity contribution in [3.8, 4) is 5.69 Å². The van der Waals surface area contributed by atoms with Crippen molar-refractivity contribution in [2.24, 2.45) is 0 Å². The van der Waals surface area contributed by atoms with E-state index in [1.54, 1.807) is 0 Å². The first-order chi connectivity index (χ1) is 10.8. The molecule has 0 fully saturated rings. The van der Waals surface area contributed by atoms with Crippen molar-refractivity contribution in [2.45, 2.75) is 11.2 Å². The highest BCUT2D eigenvalue weighted by molar-refractivity contribution is 7.98. The number of hydrogen-bond donors (Lipinski definition) is 0. The van der Waals surface area contributed by atoms with E-state index >= 15 is 0 Å². The van der Waals surface area contributed by atoms with Crippen LogP contribution < -0.4 is 0 Å². The molecule has 3 aromatic rings. The van der Waals surface area contributed by atoms with E-state index in [2.05, 4.69) is 5.10 Å². The molecule has 8 heteroatoms. The summed E-state index contributed by atoms with van der Waals surface area (Å²) >= 11 is 13.6. The van der Waals surface area contributed by atoms with Gasteiger partial charge >= 0.3 is 6.18 Å². The fraction of sp³-hybridized carbons (Fsp3) is 0.133. The molecule has 2 nitrogen and oxygen atoms in total. The molecule has 0 atom stereocenters. The normalized spacial score (nSPS) is 12.1. The molecule has 0 aliphatic carbocycles. The second-order valence-corrected chi connectivity index (χ2v) is 6.33. The molecule has 1 aromatic heterocycles. The predicted octanol–water partition coefficient (Wildman–Crippen LogP) is 6.07. The molecule has 0 radical (unpaired) electrons. The van der Waals surface area contributed by atoms with Gasteiger partial charge in [-0.1, -0.05) is 41.4 Å². The lowest BCUT2D eigenvalue weighted by atomic mass is 10.2. The van der Waals surface area contributed by atoms with Gasteiger partial charge in [0.1, 0.15) is 10.7 Å². The van der Waals surface area contributed by atoms with E-state index in [4.69, 9.17) is 23.2 Å². The van der Waals surface area contributed by atoms with Gasteiger partial charge in [-0.25, -0.2) is 4.68 Å². The molecule has 0 aliphatic heterocycles. The summed E-state index contributed by atoms with van der Waals surface area (Å²) in [5.74, 6) is 0. The van der Waals surface area contributed by atoms with E-state index in [0.717, 1.165) is 28.1 Å². The highest BCUT2D eigenvalue weighted by Gasteiger charge is 2.32. The zero-order chi connectivity index (χ0) is 16.8. The molecule has 0 N–H and O–H groups in total. The number of fused-ring (bicyclic) bond motifs is 1. The summed E-state index contributed by atoms with van der Waals surface area (Å²) < 4.78 is 40.0. The fourth-order valence-corrected chi connectivity index (χ4v) is 3.49. The first kappa shape index (κ1) is 16.5. The maximum Gasteiger partial charge on any atom is 0.416 e. The topological polar surface area (TPSA) is 17.8 Å². The molecule has 0 unspecified atom stereocenters. The van der Waals surface area contributed by atoms with Gasteiger partial charge in [0.25, 0.3) is 0 Å². The van der Waals surface area contributed by atoms with Crippen molar-refractivity contribution in [3.05, 3.63) is 52.0 Å². The van der Waals surface area contributed by atoms with Crippen LogP contribution in [0.15, 0.2) is 41.4 Å². The summed E-state index contributed by atoms with van der Waals surface area (Å²) in [5.41, 5.74) is 0.0658. The predicted molar refractivity (Wildman–Crippen MR) is 87.9 cm³/mol. The lowest BCUT2D eigenvalue weighted by Gasteiger charge is -2.13. The maximum absolute atomic E-state index is 12.9. The quantitative estimate of drug-likeness (QED) is 0.504. The number of thioether (sulfide) groups is 1. The molecule has 0 spiro atoms. The van der Waals surface area contributed by atoms with Crippen molar-refractivity contribution < 1.29 is 13.2 Å². The number of hydrogen-bond acceptors (Lipinski definition) is 2. The minimum absolute atomic E-state index is 0.106. The summed E-state index contributed by atoms with van der Waals surface area (Å²) in [7, 11) is 0. The Morgan fingerprint density at radius 2 is 1.70 bits per heavy atom. The van der Waals surface area contributed by atoms with Gasteiger partial charge in [-0.2, -0.15) is 18.3 Å². The third-order valence-electron chi connectivity index (χ3n) is 3.30. The zero-order valence-electron chi connectivity index (χ0n) is 11.7. The highest BCUT2D eigenvalue weighted by atomic mass is 35.5. The van der Waals surface area contributed by atoms with Gasteiger partial charge in [0, 0.05) is 5.39 Å². The van der Waals surface area contributed by atoms with Gasteiger partial charge in [0.2, 0.25) is 0 Å². The van der Waals surface area contributed by atoms with Gasteiger partial charge in [-0.3, -0.25) is 0 Å². The molecule has 23 heavy (non-hydrogen) atoms. The van der Waals surface area contributed by atoms with Gasteiger partial charge < -0.3 is 0 Å². The van der Waals surface area contributed by atoms with Crippen LogP contribution in [0.3, 0.4) is 0 Å². The van der Waals surface area contributed by atoms with E-state index in [-0.39, 0.29) is 15.7 Å². The Bertz CT molecular complexity index is 867. The van der Waals surface area contributed by atoms with Crippen LogP contribution in [0.25, 0.3) is 16.6 Å². The number of benzene rings is 2.